The van der Waals surface area contributed by atoms with Gasteiger partial charge >= 0.3 is 0 Å². The number of aliphatic imine (C=N–C) groups is 1. The minimum absolute atomic E-state index is 0.0240. The Hall–Kier alpha value is -1.00. The standard InChI is InChI=1S/C11H11ClN2OS/c1-2-16-11-13-7-10(15)14(11)9-6-4-3-5-8(9)12/h3-6H,2,7H2,1H3. The number of hydrogen-bond donors (Lipinski definition) is 0. The number of thioether (sulfide) groups is 1. The van der Waals surface area contributed by atoms with Gasteiger partial charge in [-0.15, -0.1) is 0 Å². The van der Waals surface area contributed by atoms with E-state index in [-0.39, 0.29) is 12.5 Å². The number of benzene rings is 1. The number of carbonyl (C=O) groups excluding carboxylic acids is 1. The molecule has 2 rings (SSSR count). The molecule has 0 atom stereocenters. The zero-order chi connectivity index (χ0) is 11.5. The summed E-state index contributed by atoms with van der Waals surface area (Å²) in [6.07, 6.45) is 0. The lowest BCUT2D eigenvalue weighted by atomic mass is 10.3. The summed E-state index contributed by atoms with van der Waals surface area (Å²) in [6, 6.07) is 7.31. The molecule has 0 saturated heterocycles. The van der Waals surface area contributed by atoms with Crippen LogP contribution in [0.25, 0.3) is 0 Å². The molecule has 1 aromatic rings. The first-order chi connectivity index (χ1) is 7.74. The Morgan fingerprint density at radius 3 is 2.94 bits per heavy atom. The van der Waals surface area contributed by atoms with Gasteiger partial charge < -0.3 is 0 Å². The van der Waals surface area contributed by atoms with E-state index in [0.29, 0.717) is 10.7 Å². The highest BCUT2D eigenvalue weighted by Crippen LogP contribution is 2.30. The molecule has 1 heterocycles. The van der Waals surface area contributed by atoms with Gasteiger partial charge in [-0.05, 0) is 17.9 Å². The average molecular weight is 255 g/mol. The summed E-state index contributed by atoms with van der Waals surface area (Å²) < 4.78 is 0. The van der Waals surface area contributed by atoms with Crippen LogP contribution in [-0.2, 0) is 4.79 Å². The fraction of sp³-hybridized carbons (Fsp3) is 0.273. The molecule has 0 aliphatic carbocycles. The van der Waals surface area contributed by atoms with Crippen molar-refractivity contribution in [2.45, 2.75) is 6.92 Å². The Balaban J connectivity index is 2.35. The maximum Gasteiger partial charge on any atom is 0.254 e. The first kappa shape index (κ1) is 11.5. The second kappa shape index (κ2) is 4.89. The van der Waals surface area contributed by atoms with Crippen LogP contribution in [0, 0.1) is 0 Å². The van der Waals surface area contributed by atoms with E-state index in [2.05, 4.69) is 4.99 Å². The van der Waals surface area contributed by atoms with E-state index in [1.807, 2.05) is 25.1 Å². The largest absolute Gasteiger partial charge is 0.272 e. The van der Waals surface area contributed by atoms with Gasteiger partial charge in [-0.2, -0.15) is 0 Å². The number of nitrogens with zero attached hydrogens (tertiary/aromatic N) is 2. The fourth-order valence-electron chi connectivity index (χ4n) is 1.49. The molecule has 1 aliphatic heterocycles. The lowest BCUT2D eigenvalue weighted by Crippen LogP contribution is -2.31. The summed E-state index contributed by atoms with van der Waals surface area (Å²) in [5.41, 5.74) is 0.714. The normalized spacial score (nSPS) is 15.5. The predicted molar refractivity (Wildman–Crippen MR) is 69.4 cm³/mol. The summed E-state index contributed by atoms with van der Waals surface area (Å²) in [4.78, 5) is 17.5. The number of amidine groups is 1. The van der Waals surface area contributed by atoms with Gasteiger partial charge in [-0.25, -0.2) is 0 Å². The molecule has 1 amide bonds. The minimum atomic E-state index is -0.0240. The molecule has 0 saturated carbocycles. The Bertz CT molecular complexity index is 447. The van der Waals surface area contributed by atoms with E-state index in [0.717, 1.165) is 10.9 Å². The van der Waals surface area contributed by atoms with Gasteiger partial charge in [0.1, 0.15) is 6.54 Å². The number of carbonyl (C=O) groups is 1. The molecular weight excluding hydrogens is 244 g/mol. The predicted octanol–water partition coefficient (Wildman–Crippen LogP) is 2.80. The SMILES string of the molecule is CCSC1=NCC(=O)N1c1ccccc1Cl. The maximum absolute atomic E-state index is 11.8. The van der Waals surface area contributed by atoms with Gasteiger partial charge in [0, 0.05) is 0 Å². The zero-order valence-electron chi connectivity index (χ0n) is 8.81. The molecule has 0 unspecified atom stereocenters. The molecule has 0 fully saturated rings. The summed E-state index contributed by atoms with van der Waals surface area (Å²) in [5.74, 6) is 0.858. The van der Waals surface area contributed by atoms with E-state index in [9.17, 15) is 4.79 Å². The Labute approximate surface area is 103 Å². The zero-order valence-corrected chi connectivity index (χ0v) is 10.4. The van der Waals surface area contributed by atoms with Crippen molar-refractivity contribution in [3.8, 4) is 0 Å². The molecule has 1 aromatic carbocycles. The van der Waals surface area contributed by atoms with Gasteiger partial charge in [-0.3, -0.25) is 14.7 Å². The number of para-hydroxylation sites is 1. The highest BCUT2D eigenvalue weighted by Gasteiger charge is 2.28. The van der Waals surface area contributed by atoms with E-state index in [1.54, 1.807) is 22.7 Å². The molecule has 16 heavy (non-hydrogen) atoms. The highest BCUT2D eigenvalue weighted by molar-refractivity contribution is 8.14. The van der Waals surface area contributed by atoms with Crippen molar-refractivity contribution >= 4 is 40.1 Å². The van der Waals surface area contributed by atoms with Gasteiger partial charge in [-0.1, -0.05) is 42.4 Å². The van der Waals surface area contributed by atoms with Crippen molar-refractivity contribution in [3.63, 3.8) is 0 Å². The number of rotatable bonds is 2. The van der Waals surface area contributed by atoms with E-state index in [1.165, 1.54) is 0 Å². The van der Waals surface area contributed by atoms with Crippen molar-refractivity contribution in [3.05, 3.63) is 29.3 Å². The topological polar surface area (TPSA) is 32.7 Å². The summed E-state index contributed by atoms with van der Waals surface area (Å²) >= 11 is 7.63. The lowest BCUT2D eigenvalue weighted by molar-refractivity contribution is -0.115. The molecule has 84 valence electrons. The molecular formula is C11H11ClN2OS. The molecule has 0 radical (unpaired) electrons. The second-order valence-electron chi connectivity index (χ2n) is 3.21. The van der Waals surface area contributed by atoms with E-state index >= 15 is 0 Å². The average Bonchev–Trinajstić information content (AvgIpc) is 2.62. The van der Waals surface area contributed by atoms with Crippen LogP contribution in [0.5, 0.6) is 0 Å². The van der Waals surface area contributed by atoms with Crippen LogP contribution < -0.4 is 4.90 Å². The molecule has 5 heteroatoms. The summed E-state index contributed by atoms with van der Waals surface area (Å²) in [6.45, 7) is 2.24. The molecule has 1 aliphatic rings. The van der Waals surface area contributed by atoms with Crippen molar-refractivity contribution < 1.29 is 4.79 Å². The van der Waals surface area contributed by atoms with Crippen LogP contribution in [0.15, 0.2) is 29.3 Å². The fourth-order valence-corrected chi connectivity index (χ4v) is 2.46. The van der Waals surface area contributed by atoms with Crippen LogP contribution in [0.1, 0.15) is 6.92 Å². The third-order valence-corrected chi connectivity index (χ3v) is 3.34. The Morgan fingerprint density at radius 1 is 1.50 bits per heavy atom. The summed E-state index contributed by atoms with van der Waals surface area (Å²) in [5, 5.41) is 1.31. The molecule has 0 N–H and O–H groups in total. The third-order valence-electron chi connectivity index (χ3n) is 2.16. The number of hydrogen-bond acceptors (Lipinski definition) is 3. The molecule has 0 aromatic heterocycles. The molecule has 3 nitrogen and oxygen atoms in total. The number of amides is 1. The lowest BCUT2D eigenvalue weighted by Gasteiger charge is -2.18. The van der Waals surface area contributed by atoms with Gasteiger partial charge in [0.05, 0.1) is 10.7 Å². The first-order valence-electron chi connectivity index (χ1n) is 4.98. The van der Waals surface area contributed by atoms with Crippen LogP contribution >= 0.6 is 23.4 Å². The van der Waals surface area contributed by atoms with Crippen LogP contribution in [0.4, 0.5) is 5.69 Å². The molecule has 0 spiro atoms. The Kier molecular flexibility index (Phi) is 3.51. The first-order valence-corrected chi connectivity index (χ1v) is 6.35. The van der Waals surface area contributed by atoms with Crippen LogP contribution in [0.3, 0.4) is 0 Å². The van der Waals surface area contributed by atoms with Crippen molar-refractivity contribution in [2.75, 3.05) is 17.2 Å². The second-order valence-corrected chi connectivity index (χ2v) is 4.85. The Morgan fingerprint density at radius 2 is 2.25 bits per heavy atom. The van der Waals surface area contributed by atoms with Crippen LogP contribution in [-0.4, -0.2) is 23.4 Å². The van der Waals surface area contributed by atoms with E-state index < -0.39 is 0 Å². The number of anilines is 1. The molecule has 0 bridgehead atoms. The van der Waals surface area contributed by atoms with Gasteiger partial charge in [0.2, 0.25) is 0 Å². The van der Waals surface area contributed by atoms with Crippen molar-refractivity contribution in [1.29, 1.82) is 0 Å². The van der Waals surface area contributed by atoms with Crippen molar-refractivity contribution in [2.24, 2.45) is 4.99 Å². The van der Waals surface area contributed by atoms with E-state index in [4.69, 9.17) is 11.6 Å². The highest BCUT2D eigenvalue weighted by atomic mass is 35.5. The van der Waals surface area contributed by atoms with Gasteiger partial charge in [0.15, 0.2) is 5.17 Å². The van der Waals surface area contributed by atoms with Crippen molar-refractivity contribution in [1.82, 2.24) is 0 Å². The van der Waals surface area contributed by atoms with Gasteiger partial charge in [0.25, 0.3) is 5.91 Å². The summed E-state index contributed by atoms with van der Waals surface area (Å²) in [7, 11) is 0. The minimum Gasteiger partial charge on any atom is -0.272 e. The quantitative estimate of drug-likeness (QED) is 0.813. The van der Waals surface area contributed by atoms with Crippen LogP contribution in [0.2, 0.25) is 5.02 Å². The number of halogens is 1. The smallest absolute Gasteiger partial charge is 0.254 e. The third kappa shape index (κ3) is 2.08. The maximum atomic E-state index is 11.8. The monoisotopic (exact) mass is 254 g/mol.